The lowest BCUT2D eigenvalue weighted by Gasteiger charge is -1.99. The number of aromatic carboxylic acids is 1. The average molecular weight is 250 g/mol. The molecule has 18 heavy (non-hydrogen) atoms. The smallest absolute Gasteiger partial charge is 0.353 e. The van der Waals surface area contributed by atoms with Crippen LogP contribution in [-0.2, 0) is 0 Å². The minimum Gasteiger partial charge on any atom is -0.477 e. The summed E-state index contributed by atoms with van der Waals surface area (Å²) >= 11 is 0. The van der Waals surface area contributed by atoms with E-state index in [1.807, 2.05) is 0 Å². The predicted octanol–water partition coefficient (Wildman–Crippen LogP) is 0.894. The van der Waals surface area contributed by atoms with Crippen LogP contribution in [0.15, 0.2) is 24.4 Å². The quantitative estimate of drug-likeness (QED) is 0.749. The number of pyridine rings is 1. The Morgan fingerprint density at radius 2 is 2.17 bits per heavy atom. The Morgan fingerprint density at radius 3 is 2.72 bits per heavy atom. The standard InChI is InChI=1S/C10H7FN4O3/c11-5-1-2-6(12-4-5)9(16)13-8-3-7(10(17)18)14-15-8/h1-4H,(H,17,18)(H2,13,14,15,16). The molecule has 7 nitrogen and oxygen atoms in total. The third-order valence-corrected chi connectivity index (χ3v) is 2.01. The van der Waals surface area contributed by atoms with Crippen LogP contribution in [0.1, 0.15) is 21.0 Å². The molecule has 2 rings (SSSR count). The van der Waals surface area contributed by atoms with Crippen molar-refractivity contribution in [2.45, 2.75) is 0 Å². The number of carbonyl (C=O) groups is 2. The second-order valence-corrected chi connectivity index (χ2v) is 3.29. The number of hydrogen-bond acceptors (Lipinski definition) is 4. The van der Waals surface area contributed by atoms with Crippen LogP contribution in [0.4, 0.5) is 10.2 Å². The normalized spacial score (nSPS) is 10.1. The fraction of sp³-hybridized carbons (Fsp3) is 0. The molecular formula is C10H7FN4O3. The molecule has 8 heteroatoms. The van der Waals surface area contributed by atoms with Crippen molar-refractivity contribution in [3.05, 3.63) is 41.6 Å². The molecule has 3 N–H and O–H groups in total. The lowest BCUT2D eigenvalue weighted by molar-refractivity contribution is 0.0690. The number of rotatable bonds is 3. The number of nitrogens with one attached hydrogen (secondary N) is 2. The van der Waals surface area contributed by atoms with Crippen LogP contribution in [0.5, 0.6) is 0 Å². The molecule has 0 radical (unpaired) electrons. The van der Waals surface area contributed by atoms with E-state index in [1.165, 1.54) is 6.07 Å². The first kappa shape index (κ1) is 11.7. The molecule has 0 fully saturated rings. The largest absolute Gasteiger partial charge is 0.477 e. The zero-order valence-electron chi connectivity index (χ0n) is 8.85. The minimum atomic E-state index is -1.19. The molecule has 92 valence electrons. The van der Waals surface area contributed by atoms with E-state index in [1.54, 1.807) is 0 Å². The molecule has 0 unspecified atom stereocenters. The molecule has 2 heterocycles. The SMILES string of the molecule is O=C(Nc1cc(C(=O)O)[nH]n1)c1ccc(F)cn1. The van der Waals surface area contributed by atoms with E-state index in [2.05, 4.69) is 20.5 Å². The molecule has 0 aliphatic rings. The maximum atomic E-state index is 12.6. The third kappa shape index (κ3) is 2.48. The Morgan fingerprint density at radius 1 is 1.39 bits per heavy atom. The van der Waals surface area contributed by atoms with Crippen LogP contribution in [0.3, 0.4) is 0 Å². The van der Waals surface area contributed by atoms with Crippen LogP contribution in [0, 0.1) is 5.82 Å². The van der Waals surface area contributed by atoms with Gasteiger partial charge in [0.25, 0.3) is 5.91 Å². The van der Waals surface area contributed by atoms with Gasteiger partial charge < -0.3 is 10.4 Å². The van der Waals surface area contributed by atoms with E-state index in [0.29, 0.717) is 0 Å². The summed E-state index contributed by atoms with van der Waals surface area (Å²) in [5, 5.41) is 16.8. The molecular weight excluding hydrogens is 243 g/mol. The number of halogens is 1. The van der Waals surface area contributed by atoms with Crippen LogP contribution in [0.2, 0.25) is 0 Å². The molecule has 0 atom stereocenters. The second-order valence-electron chi connectivity index (χ2n) is 3.29. The van der Waals surface area contributed by atoms with Crippen molar-refractivity contribution >= 4 is 17.7 Å². The Kier molecular flexibility index (Phi) is 3.00. The molecule has 0 spiro atoms. The Bertz CT molecular complexity index is 593. The maximum absolute atomic E-state index is 12.6. The Hall–Kier alpha value is -2.77. The number of hydrogen-bond donors (Lipinski definition) is 3. The molecule has 0 bridgehead atoms. The summed E-state index contributed by atoms with van der Waals surface area (Å²) in [4.78, 5) is 25.8. The summed E-state index contributed by atoms with van der Waals surface area (Å²) in [5.41, 5.74) is -0.159. The van der Waals surface area contributed by atoms with E-state index in [4.69, 9.17) is 5.11 Å². The zero-order chi connectivity index (χ0) is 13.1. The van der Waals surface area contributed by atoms with Crippen LogP contribution >= 0.6 is 0 Å². The van der Waals surface area contributed by atoms with Gasteiger partial charge in [0, 0.05) is 6.07 Å². The van der Waals surface area contributed by atoms with Gasteiger partial charge in [-0.15, -0.1) is 0 Å². The summed E-state index contributed by atoms with van der Waals surface area (Å²) in [7, 11) is 0. The monoisotopic (exact) mass is 250 g/mol. The van der Waals surface area contributed by atoms with Gasteiger partial charge >= 0.3 is 5.97 Å². The van der Waals surface area contributed by atoms with E-state index < -0.39 is 17.7 Å². The van der Waals surface area contributed by atoms with Gasteiger partial charge in [-0.3, -0.25) is 9.89 Å². The van der Waals surface area contributed by atoms with E-state index >= 15 is 0 Å². The first-order valence-corrected chi connectivity index (χ1v) is 4.78. The fourth-order valence-electron chi connectivity index (χ4n) is 1.19. The maximum Gasteiger partial charge on any atom is 0.353 e. The van der Waals surface area contributed by atoms with Crippen molar-refractivity contribution in [3.8, 4) is 0 Å². The van der Waals surface area contributed by atoms with Crippen LogP contribution < -0.4 is 5.32 Å². The summed E-state index contributed by atoms with van der Waals surface area (Å²) in [6.07, 6.45) is 0.905. The Labute approximate surface area is 99.7 Å². The number of aromatic nitrogens is 3. The topological polar surface area (TPSA) is 108 Å². The van der Waals surface area contributed by atoms with Crippen molar-refractivity contribution in [1.82, 2.24) is 15.2 Å². The van der Waals surface area contributed by atoms with Gasteiger partial charge in [-0.2, -0.15) is 5.10 Å². The summed E-state index contributed by atoms with van der Waals surface area (Å²) in [5.74, 6) is -2.32. The number of aromatic amines is 1. The van der Waals surface area contributed by atoms with Crippen LogP contribution in [0.25, 0.3) is 0 Å². The highest BCUT2D eigenvalue weighted by Gasteiger charge is 2.12. The van der Waals surface area contributed by atoms with Crippen molar-refractivity contribution in [3.63, 3.8) is 0 Å². The second kappa shape index (κ2) is 4.62. The number of carboxylic acids is 1. The van der Waals surface area contributed by atoms with Gasteiger partial charge in [0.2, 0.25) is 0 Å². The van der Waals surface area contributed by atoms with E-state index in [-0.39, 0.29) is 17.2 Å². The first-order valence-electron chi connectivity index (χ1n) is 4.78. The highest BCUT2D eigenvalue weighted by Crippen LogP contribution is 2.07. The van der Waals surface area contributed by atoms with Crippen molar-refractivity contribution in [2.24, 2.45) is 0 Å². The first-order chi connectivity index (χ1) is 8.56. The lowest BCUT2D eigenvalue weighted by atomic mass is 10.3. The molecule has 1 amide bonds. The van der Waals surface area contributed by atoms with Crippen LogP contribution in [-0.4, -0.2) is 32.2 Å². The Balaban J connectivity index is 2.11. The van der Waals surface area contributed by atoms with E-state index in [0.717, 1.165) is 18.3 Å². The molecule has 0 aromatic carbocycles. The fourth-order valence-corrected chi connectivity index (χ4v) is 1.19. The molecule has 0 aliphatic heterocycles. The van der Waals surface area contributed by atoms with Gasteiger partial charge in [-0.05, 0) is 12.1 Å². The summed E-state index contributed by atoms with van der Waals surface area (Å²) in [6, 6.07) is 3.45. The lowest BCUT2D eigenvalue weighted by Crippen LogP contribution is -2.13. The number of carboxylic acid groups (broad SMARTS) is 1. The predicted molar refractivity (Wildman–Crippen MR) is 57.7 cm³/mol. The molecule has 0 saturated carbocycles. The van der Waals surface area contributed by atoms with Gasteiger partial charge in [0.15, 0.2) is 5.82 Å². The van der Waals surface area contributed by atoms with Gasteiger partial charge in [-0.25, -0.2) is 14.2 Å². The highest BCUT2D eigenvalue weighted by molar-refractivity contribution is 6.02. The number of amides is 1. The van der Waals surface area contributed by atoms with E-state index in [9.17, 15) is 14.0 Å². The number of H-pyrrole nitrogens is 1. The average Bonchev–Trinajstić information content (AvgIpc) is 2.78. The number of anilines is 1. The zero-order valence-corrected chi connectivity index (χ0v) is 8.85. The van der Waals surface area contributed by atoms with Crippen molar-refractivity contribution in [1.29, 1.82) is 0 Å². The van der Waals surface area contributed by atoms with Gasteiger partial charge in [0.1, 0.15) is 17.2 Å². The highest BCUT2D eigenvalue weighted by atomic mass is 19.1. The molecule has 2 aromatic rings. The summed E-state index contributed by atoms with van der Waals surface area (Å²) in [6.45, 7) is 0. The number of nitrogens with zero attached hydrogens (tertiary/aromatic N) is 2. The van der Waals surface area contributed by atoms with Crippen molar-refractivity contribution in [2.75, 3.05) is 5.32 Å². The van der Waals surface area contributed by atoms with Gasteiger partial charge in [0.05, 0.1) is 6.20 Å². The van der Waals surface area contributed by atoms with Gasteiger partial charge in [-0.1, -0.05) is 0 Å². The third-order valence-electron chi connectivity index (χ3n) is 2.01. The number of carbonyl (C=O) groups excluding carboxylic acids is 1. The molecule has 2 aromatic heterocycles. The summed E-state index contributed by atoms with van der Waals surface area (Å²) < 4.78 is 12.6. The van der Waals surface area contributed by atoms with Crippen molar-refractivity contribution < 1.29 is 19.1 Å². The minimum absolute atomic E-state index is 0.00345. The molecule has 0 saturated heterocycles. The molecule has 0 aliphatic carbocycles.